The zero-order chi connectivity index (χ0) is 13.5. The molecule has 0 saturated carbocycles. The number of amides is 2. The maximum atomic E-state index is 11.2. The van der Waals surface area contributed by atoms with Crippen LogP contribution in [0.4, 0.5) is 4.79 Å². The van der Waals surface area contributed by atoms with Gasteiger partial charge < -0.3 is 15.4 Å². The van der Waals surface area contributed by atoms with Crippen molar-refractivity contribution in [2.45, 2.75) is 13.8 Å². The van der Waals surface area contributed by atoms with Gasteiger partial charge in [-0.3, -0.25) is 0 Å². The molecule has 0 aliphatic heterocycles. The van der Waals surface area contributed by atoms with Gasteiger partial charge in [0.05, 0.1) is 0 Å². The molecule has 2 N–H and O–H groups in total. The lowest BCUT2D eigenvalue weighted by atomic mass is 10.1. The SMILES string of the molecule is C=CCNC(=O)NCOc1cc(C)c(Cl)c(C)c1. The molecule has 1 aromatic rings. The summed E-state index contributed by atoms with van der Waals surface area (Å²) in [5.41, 5.74) is 1.89. The molecule has 98 valence electrons. The number of ether oxygens (including phenoxy) is 1. The fourth-order valence-corrected chi connectivity index (χ4v) is 1.51. The largest absolute Gasteiger partial charge is 0.473 e. The maximum Gasteiger partial charge on any atom is 0.317 e. The van der Waals surface area contributed by atoms with Crippen molar-refractivity contribution in [1.29, 1.82) is 0 Å². The monoisotopic (exact) mass is 268 g/mol. The van der Waals surface area contributed by atoms with E-state index in [1.54, 1.807) is 6.08 Å². The van der Waals surface area contributed by atoms with Crippen molar-refractivity contribution in [3.05, 3.63) is 40.9 Å². The molecule has 0 saturated heterocycles. The number of carbonyl (C=O) groups is 1. The van der Waals surface area contributed by atoms with Gasteiger partial charge in [0.1, 0.15) is 5.75 Å². The molecule has 0 bridgehead atoms. The molecule has 0 unspecified atom stereocenters. The van der Waals surface area contributed by atoms with Gasteiger partial charge >= 0.3 is 6.03 Å². The van der Waals surface area contributed by atoms with Gasteiger partial charge in [0, 0.05) is 11.6 Å². The number of benzene rings is 1. The molecular weight excluding hydrogens is 252 g/mol. The molecule has 4 nitrogen and oxygen atoms in total. The zero-order valence-corrected chi connectivity index (χ0v) is 11.3. The van der Waals surface area contributed by atoms with E-state index in [1.807, 2.05) is 26.0 Å². The molecule has 1 rings (SSSR count). The average Bonchev–Trinajstić information content (AvgIpc) is 2.33. The quantitative estimate of drug-likeness (QED) is 0.637. The maximum absolute atomic E-state index is 11.2. The van der Waals surface area contributed by atoms with Crippen LogP contribution in [0.3, 0.4) is 0 Å². The second-order valence-electron chi connectivity index (χ2n) is 3.84. The third-order valence-corrected chi connectivity index (χ3v) is 2.88. The highest BCUT2D eigenvalue weighted by Gasteiger charge is 2.04. The summed E-state index contributed by atoms with van der Waals surface area (Å²) in [4.78, 5) is 11.2. The van der Waals surface area contributed by atoms with Gasteiger partial charge in [-0.25, -0.2) is 4.79 Å². The van der Waals surface area contributed by atoms with Crippen molar-refractivity contribution in [2.24, 2.45) is 0 Å². The predicted molar refractivity (Wildman–Crippen MR) is 73.2 cm³/mol. The van der Waals surface area contributed by atoms with Crippen molar-refractivity contribution < 1.29 is 9.53 Å². The van der Waals surface area contributed by atoms with Crippen molar-refractivity contribution in [3.8, 4) is 5.75 Å². The van der Waals surface area contributed by atoms with E-state index in [2.05, 4.69) is 17.2 Å². The van der Waals surface area contributed by atoms with Crippen LogP contribution in [0.1, 0.15) is 11.1 Å². The van der Waals surface area contributed by atoms with Crippen molar-refractivity contribution >= 4 is 17.6 Å². The molecule has 0 heterocycles. The molecule has 5 heteroatoms. The Morgan fingerprint density at radius 3 is 2.56 bits per heavy atom. The van der Waals surface area contributed by atoms with Crippen LogP contribution in [-0.4, -0.2) is 19.3 Å². The first kappa shape index (κ1) is 14.4. The minimum absolute atomic E-state index is 0.101. The predicted octanol–water partition coefficient (Wildman–Crippen LogP) is 2.78. The summed E-state index contributed by atoms with van der Waals surface area (Å²) in [7, 11) is 0. The van der Waals surface area contributed by atoms with Gasteiger partial charge in [-0.05, 0) is 37.1 Å². The summed E-state index contributed by atoms with van der Waals surface area (Å²) < 4.78 is 5.42. The Labute approximate surface area is 112 Å². The van der Waals surface area contributed by atoms with Crippen LogP contribution in [0.5, 0.6) is 5.75 Å². The van der Waals surface area contributed by atoms with E-state index >= 15 is 0 Å². The minimum Gasteiger partial charge on any atom is -0.473 e. The molecule has 0 aromatic heterocycles. The van der Waals surface area contributed by atoms with E-state index in [0.29, 0.717) is 12.3 Å². The average molecular weight is 269 g/mol. The molecule has 0 aliphatic carbocycles. The molecule has 2 amide bonds. The van der Waals surface area contributed by atoms with Gasteiger partial charge in [0.25, 0.3) is 0 Å². The summed E-state index contributed by atoms with van der Waals surface area (Å²) >= 11 is 6.05. The Kier molecular flexibility index (Phi) is 5.52. The molecular formula is C13H17ClN2O2. The standard InChI is InChI=1S/C13H17ClN2O2/c1-4-5-15-13(17)16-8-18-11-6-9(2)12(14)10(3)7-11/h4,6-7H,1,5,8H2,2-3H3,(H2,15,16,17). The van der Waals surface area contributed by atoms with Gasteiger partial charge in [-0.15, -0.1) is 6.58 Å². The summed E-state index contributed by atoms with van der Waals surface area (Å²) in [5, 5.41) is 5.88. The van der Waals surface area contributed by atoms with Crippen molar-refractivity contribution in [3.63, 3.8) is 0 Å². The van der Waals surface area contributed by atoms with Crippen molar-refractivity contribution in [2.75, 3.05) is 13.3 Å². The third-order valence-electron chi connectivity index (χ3n) is 2.29. The fraction of sp³-hybridized carbons (Fsp3) is 0.308. The van der Waals surface area contributed by atoms with Crippen LogP contribution < -0.4 is 15.4 Å². The Morgan fingerprint density at radius 2 is 2.00 bits per heavy atom. The van der Waals surface area contributed by atoms with E-state index in [1.165, 1.54) is 0 Å². The van der Waals surface area contributed by atoms with E-state index in [4.69, 9.17) is 16.3 Å². The fourth-order valence-electron chi connectivity index (χ4n) is 1.40. The summed E-state index contributed by atoms with van der Waals surface area (Å²) in [6.45, 7) is 7.84. The van der Waals surface area contributed by atoms with Gasteiger partial charge in [0.15, 0.2) is 6.73 Å². The molecule has 18 heavy (non-hydrogen) atoms. The van der Waals surface area contributed by atoms with Crippen LogP contribution in [-0.2, 0) is 0 Å². The number of aryl methyl sites for hydroxylation is 2. The normalized spacial score (nSPS) is 9.72. The highest BCUT2D eigenvalue weighted by molar-refractivity contribution is 6.32. The molecule has 0 aliphatic rings. The lowest BCUT2D eigenvalue weighted by molar-refractivity contribution is 0.225. The lowest BCUT2D eigenvalue weighted by Gasteiger charge is -2.11. The number of carbonyl (C=O) groups excluding carboxylic acids is 1. The smallest absolute Gasteiger partial charge is 0.317 e. The minimum atomic E-state index is -0.294. The third kappa shape index (κ3) is 4.30. The second-order valence-corrected chi connectivity index (χ2v) is 4.21. The molecule has 0 fully saturated rings. The Balaban J connectivity index is 2.44. The topological polar surface area (TPSA) is 50.4 Å². The summed E-state index contributed by atoms with van der Waals surface area (Å²) in [6, 6.07) is 3.37. The Bertz CT molecular complexity index is 424. The van der Waals surface area contributed by atoms with E-state index in [9.17, 15) is 4.79 Å². The van der Waals surface area contributed by atoms with Gasteiger partial charge in [-0.1, -0.05) is 17.7 Å². The van der Waals surface area contributed by atoms with Crippen LogP contribution in [0, 0.1) is 13.8 Å². The Morgan fingerprint density at radius 1 is 1.39 bits per heavy atom. The number of hydrogen-bond acceptors (Lipinski definition) is 2. The van der Waals surface area contributed by atoms with Crippen LogP contribution in [0.25, 0.3) is 0 Å². The van der Waals surface area contributed by atoms with Crippen LogP contribution in [0.2, 0.25) is 5.02 Å². The van der Waals surface area contributed by atoms with Crippen molar-refractivity contribution in [1.82, 2.24) is 10.6 Å². The van der Waals surface area contributed by atoms with E-state index in [0.717, 1.165) is 16.1 Å². The van der Waals surface area contributed by atoms with E-state index in [-0.39, 0.29) is 12.8 Å². The second kappa shape index (κ2) is 6.91. The Hall–Kier alpha value is -1.68. The first-order valence-electron chi connectivity index (χ1n) is 5.56. The molecule has 0 radical (unpaired) electrons. The number of halogens is 1. The zero-order valence-electron chi connectivity index (χ0n) is 10.5. The van der Waals surface area contributed by atoms with Crippen LogP contribution >= 0.6 is 11.6 Å². The van der Waals surface area contributed by atoms with Crippen LogP contribution in [0.15, 0.2) is 24.8 Å². The highest BCUT2D eigenvalue weighted by Crippen LogP contribution is 2.25. The van der Waals surface area contributed by atoms with Gasteiger partial charge in [-0.2, -0.15) is 0 Å². The summed E-state index contributed by atoms with van der Waals surface area (Å²) in [6.07, 6.45) is 1.60. The number of urea groups is 1. The number of hydrogen-bond donors (Lipinski definition) is 2. The number of nitrogens with one attached hydrogen (secondary N) is 2. The first-order chi connectivity index (χ1) is 8.54. The van der Waals surface area contributed by atoms with Gasteiger partial charge in [0.2, 0.25) is 0 Å². The highest BCUT2D eigenvalue weighted by atomic mass is 35.5. The molecule has 0 atom stereocenters. The summed E-state index contributed by atoms with van der Waals surface area (Å²) in [5.74, 6) is 0.679. The number of rotatable bonds is 5. The molecule has 1 aromatic carbocycles. The molecule has 0 spiro atoms. The first-order valence-corrected chi connectivity index (χ1v) is 5.94. The lowest BCUT2D eigenvalue weighted by Crippen LogP contribution is -2.37. The van der Waals surface area contributed by atoms with E-state index < -0.39 is 0 Å².